The Kier molecular flexibility index (Phi) is 3.34. The summed E-state index contributed by atoms with van der Waals surface area (Å²) in [6.07, 6.45) is 3.06. The second-order valence-electron chi connectivity index (χ2n) is 5.52. The SMILES string of the molecule is O=C(Cc1cccc(O)c1)NC1CCN(C2CC2)C1=O. The molecule has 2 aliphatic rings. The van der Waals surface area contributed by atoms with Crippen molar-refractivity contribution in [3.8, 4) is 5.75 Å². The van der Waals surface area contributed by atoms with Gasteiger partial charge in [0.25, 0.3) is 0 Å². The summed E-state index contributed by atoms with van der Waals surface area (Å²) in [5.41, 5.74) is 0.743. The van der Waals surface area contributed by atoms with E-state index in [1.54, 1.807) is 24.3 Å². The first kappa shape index (κ1) is 13.0. The van der Waals surface area contributed by atoms with Crippen molar-refractivity contribution < 1.29 is 14.7 Å². The van der Waals surface area contributed by atoms with Gasteiger partial charge in [0.15, 0.2) is 0 Å². The van der Waals surface area contributed by atoms with Crippen LogP contribution in [0, 0.1) is 0 Å². The zero-order chi connectivity index (χ0) is 14.1. The number of carbonyl (C=O) groups excluding carboxylic acids is 2. The highest BCUT2D eigenvalue weighted by atomic mass is 16.3. The molecule has 1 aliphatic carbocycles. The number of nitrogens with one attached hydrogen (secondary N) is 1. The van der Waals surface area contributed by atoms with Crippen molar-refractivity contribution in [3.63, 3.8) is 0 Å². The van der Waals surface area contributed by atoms with E-state index in [9.17, 15) is 14.7 Å². The molecule has 2 fully saturated rings. The molecule has 1 aromatic rings. The van der Waals surface area contributed by atoms with Crippen molar-refractivity contribution in [1.29, 1.82) is 0 Å². The van der Waals surface area contributed by atoms with E-state index in [0.29, 0.717) is 12.5 Å². The van der Waals surface area contributed by atoms with Crippen LogP contribution in [0.15, 0.2) is 24.3 Å². The number of hydrogen-bond acceptors (Lipinski definition) is 3. The molecule has 20 heavy (non-hydrogen) atoms. The van der Waals surface area contributed by atoms with Gasteiger partial charge in [-0.1, -0.05) is 12.1 Å². The Morgan fingerprint density at radius 1 is 1.35 bits per heavy atom. The Labute approximate surface area is 117 Å². The second kappa shape index (κ2) is 5.15. The Morgan fingerprint density at radius 2 is 2.15 bits per heavy atom. The Balaban J connectivity index is 1.55. The largest absolute Gasteiger partial charge is 0.508 e. The summed E-state index contributed by atoms with van der Waals surface area (Å²) in [5.74, 6) is 0.0236. The first-order valence-corrected chi connectivity index (χ1v) is 7.01. The van der Waals surface area contributed by atoms with Crippen LogP contribution >= 0.6 is 0 Å². The van der Waals surface area contributed by atoms with Crippen LogP contribution in [0.1, 0.15) is 24.8 Å². The predicted octanol–water partition coefficient (Wildman–Crippen LogP) is 0.814. The average molecular weight is 274 g/mol. The van der Waals surface area contributed by atoms with Crippen LogP contribution in [-0.4, -0.2) is 40.4 Å². The van der Waals surface area contributed by atoms with Crippen LogP contribution in [-0.2, 0) is 16.0 Å². The molecule has 1 saturated carbocycles. The molecule has 5 nitrogen and oxygen atoms in total. The molecule has 5 heteroatoms. The highest BCUT2D eigenvalue weighted by Crippen LogP contribution is 2.30. The van der Waals surface area contributed by atoms with Crippen molar-refractivity contribution in [3.05, 3.63) is 29.8 Å². The number of benzene rings is 1. The lowest BCUT2D eigenvalue weighted by Gasteiger charge is -2.16. The Hall–Kier alpha value is -2.04. The number of carbonyl (C=O) groups is 2. The Morgan fingerprint density at radius 3 is 2.85 bits per heavy atom. The van der Waals surface area contributed by atoms with Crippen LogP contribution in [0.2, 0.25) is 0 Å². The average Bonchev–Trinajstić information content (AvgIpc) is 3.17. The normalized spacial score (nSPS) is 22.1. The van der Waals surface area contributed by atoms with Gasteiger partial charge in [-0.15, -0.1) is 0 Å². The fourth-order valence-corrected chi connectivity index (χ4v) is 2.68. The second-order valence-corrected chi connectivity index (χ2v) is 5.52. The quantitative estimate of drug-likeness (QED) is 0.854. The molecule has 2 N–H and O–H groups in total. The van der Waals surface area contributed by atoms with Crippen molar-refractivity contribution in [1.82, 2.24) is 10.2 Å². The van der Waals surface area contributed by atoms with E-state index in [1.165, 1.54) is 0 Å². The molecular weight excluding hydrogens is 256 g/mol. The van der Waals surface area contributed by atoms with E-state index in [2.05, 4.69) is 5.32 Å². The summed E-state index contributed by atoms with van der Waals surface area (Å²) in [6.45, 7) is 0.751. The minimum absolute atomic E-state index is 0.0526. The zero-order valence-electron chi connectivity index (χ0n) is 11.2. The van der Waals surface area contributed by atoms with E-state index in [4.69, 9.17) is 0 Å². The first-order chi connectivity index (χ1) is 9.63. The molecule has 0 spiro atoms. The highest BCUT2D eigenvalue weighted by molar-refractivity contribution is 5.90. The van der Waals surface area contributed by atoms with E-state index in [0.717, 1.165) is 24.9 Å². The standard InChI is InChI=1S/C15H18N2O3/c18-12-3-1-2-10(8-12)9-14(19)16-13-6-7-17(15(13)20)11-4-5-11/h1-3,8,11,13,18H,4-7,9H2,(H,16,19). The summed E-state index contributed by atoms with van der Waals surface area (Å²) in [4.78, 5) is 25.9. The van der Waals surface area contributed by atoms with Crippen LogP contribution in [0.4, 0.5) is 0 Å². The van der Waals surface area contributed by atoms with Gasteiger partial charge in [0.1, 0.15) is 11.8 Å². The maximum absolute atomic E-state index is 12.1. The van der Waals surface area contributed by atoms with Crippen molar-refractivity contribution in [2.45, 2.75) is 37.8 Å². The van der Waals surface area contributed by atoms with Crippen LogP contribution in [0.3, 0.4) is 0 Å². The maximum atomic E-state index is 12.1. The minimum Gasteiger partial charge on any atom is -0.508 e. The molecule has 0 radical (unpaired) electrons. The number of phenols is 1. The molecule has 0 bridgehead atoms. The predicted molar refractivity (Wildman–Crippen MR) is 73.1 cm³/mol. The van der Waals surface area contributed by atoms with Gasteiger partial charge in [-0.05, 0) is 37.0 Å². The number of likely N-dealkylation sites (tertiary alicyclic amines) is 1. The maximum Gasteiger partial charge on any atom is 0.245 e. The van der Waals surface area contributed by atoms with Gasteiger partial charge in [0.2, 0.25) is 11.8 Å². The summed E-state index contributed by atoms with van der Waals surface area (Å²) < 4.78 is 0. The van der Waals surface area contributed by atoms with Crippen LogP contribution in [0.25, 0.3) is 0 Å². The van der Waals surface area contributed by atoms with Crippen molar-refractivity contribution >= 4 is 11.8 Å². The van der Waals surface area contributed by atoms with Gasteiger partial charge in [0.05, 0.1) is 6.42 Å². The fourth-order valence-electron chi connectivity index (χ4n) is 2.68. The van der Waals surface area contributed by atoms with E-state index in [1.807, 2.05) is 4.90 Å². The lowest BCUT2D eigenvalue weighted by atomic mass is 10.1. The van der Waals surface area contributed by atoms with Crippen molar-refractivity contribution in [2.75, 3.05) is 6.54 Å². The molecule has 0 aromatic heterocycles. The van der Waals surface area contributed by atoms with Gasteiger partial charge in [0, 0.05) is 12.6 Å². The molecule has 106 valence electrons. The van der Waals surface area contributed by atoms with Gasteiger partial charge in [-0.3, -0.25) is 9.59 Å². The monoisotopic (exact) mass is 274 g/mol. The summed E-state index contributed by atoms with van der Waals surface area (Å²) in [7, 11) is 0. The lowest BCUT2D eigenvalue weighted by molar-refractivity contribution is -0.132. The van der Waals surface area contributed by atoms with Gasteiger partial charge >= 0.3 is 0 Å². The molecule has 1 atom stereocenters. The van der Waals surface area contributed by atoms with E-state index < -0.39 is 0 Å². The van der Waals surface area contributed by atoms with Crippen LogP contribution in [0.5, 0.6) is 5.75 Å². The zero-order valence-corrected chi connectivity index (χ0v) is 11.2. The smallest absolute Gasteiger partial charge is 0.245 e. The number of aromatic hydroxyl groups is 1. The topological polar surface area (TPSA) is 69.6 Å². The molecule has 2 amide bonds. The molecule has 1 unspecified atom stereocenters. The third-order valence-electron chi connectivity index (χ3n) is 3.84. The van der Waals surface area contributed by atoms with Gasteiger partial charge in [-0.2, -0.15) is 0 Å². The fraction of sp³-hybridized carbons (Fsp3) is 0.467. The number of amides is 2. The molecular formula is C15H18N2O3. The van der Waals surface area contributed by atoms with E-state index in [-0.39, 0.29) is 30.0 Å². The van der Waals surface area contributed by atoms with Gasteiger partial charge < -0.3 is 15.3 Å². The van der Waals surface area contributed by atoms with Crippen LogP contribution < -0.4 is 5.32 Å². The lowest BCUT2D eigenvalue weighted by Crippen LogP contribution is -2.42. The molecule has 3 rings (SSSR count). The summed E-state index contributed by atoms with van der Waals surface area (Å²) in [6, 6.07) is 6.65. The third-order valence-corrected chi connectivity index (χ3v) is 3.84. The third kappa shape index (κ3) is 2.76. The molecule has 1 aliphatic heterocycles. The summed E-state index contributed by atoms with van der Waals surface area (Å²) in [5, 5.41) is 12.2. The minimum atomic E-state index is -0.375. The molecule has 1 heterocycles. The molecule has 1 aromatic carbocycles. The number of nitrogens with zero attached hydrogens (tertiary/aromatic N) is 1. The van der Waals surface area contributed by atoms with Gasteiger partial charge in [-0.25, -0.2) is 0 Å². The van der Waals surface area contributed by atoms with E-state index >= 15 is 0 Å². The Bertz CT molecular complexity index is 540. The highest BCUT2D eigenvalue weighted by Gasteiger charge is 2.40. The number of hydrogen-bond donors (Lipinski definition) is 2. The van der Waals surface area contributed by atoms with Crippen molar-refractivity contribution in [2.24, 2.45) is 0 Å². The number of phenolic OH excluding ortho intramolecular Hbond substituents is 1. The summed E-state index contributed by atoms with van der Waals surface area (Å²) >= 11 is 0. The first-order valence-electron chi connectivity index (χ1n) is 7.01. The number of rotatable bonds is 4. The molecule has 1 saturated heterocycles.